The van der Waals surface area contributed by atoms with E-state index in [1.807, 2.05) is 36.2 Å². The number of aromatic nitrogens is 2. The van der Waals surface area contributed by atoms with Gasteiger partial charge < -0.3 is 10.2 Å². The van der Waals surface area contributed by atoms with Crippen molar-refractivity contribution in [2.45, 2.75) is 19.3 Å². The van der Waals surface area contributed by atoms with Gasteiger partial charge in [0.05, 0.1) is 0 Å². The number of hydrogen-bond donors (Lipinski definition) is 1. The normalized spacial score (nSPS) is 11.9. The van der Waals surface area contributed by atoms with Gasteiger partial charge in [-0.2, -0.15) is 18.3 Å². The van der Waals surface area contributed by atoms with Crippen molar-refractivity contribution in [1.82, 2.24) is 20.0 Å². The highest BCUT2D eigenvalue weighted by Crippen LogP contribution is 2.30. The van der Waals surface area contributed by atoms with Gasteiger partial charge in [-0.1, -0.05) is 28.1 Å². The van der Waals surface area contributed by atoms with Crippen molar-refractivity contribution in [3.63, 3.8) is 0 Å². The fraction of sp³-hybridized carbons (Fsp3) is 0.375. The molecule has 144 valence electrons. The van der Waals surface area contributed by atoms with Gasteiger partial charge in [-0.3, -0.25) is 9.67 Å². The highest BCUT2D eigenvalue weighted by atomic mass is 127. The lowest BCUT2D eigenvalue weighted by Crippen LogP contribution is -2.38. The number of alkyl halides is 3. The van der Waals surface area contributed by atoms with Gasteiger partial charge >= 0.3 is 6.18 Å². The van der Waals surface area contributed by atoms with Crippen molar-refractivity contribution in [1.29, 1.82) is 0 Å². The highest BCUT2D eigenvalue weighted by Gasteiger charge is 2.36. The van der Waals surface area contributed by atoms with E-state index in [1.54, 1.807) is 7.05 Å². The second-order valence-corrected chi connectivity index (χ2v) is 6.47. The molecule has 26 heavy (non-hydrogen) atoms. The first-order valence-electron chi connectivity index (χ1n) is 7.46. The third-order valence-electron chi connectivity index (χ3n) is 3.52. The molecule has 0 bridgehead atoms. The molecular formula is C16H20BrF3IN5. The second-order valence-electron chi connectivity index (χ2n) is 5.56. The van der Waals surface area contributed by atoms with Crippen LogP contribution in [0.2, 0.25) is 0 Å². The van der Waals surface area contributed by atoms with Crippen molar-refractivity contribution < 1.29 is 13.2 Å². The summed E-state index contributed by atoms with van der Waals surface area (Å²) in [6, 6.07) is 7.81. The lowest BCUT2D eigenvalue weighted by molar-refractivity contribution is -0.142. The summed E-state index contributed by atoms with van der Waals surface area (Å²) in [4.78, 5) is 5.97. The van der Waals surface area contributed by atoms with Crippen LogP contribution in [0.5, 0.6) is 0 Å². The van der Waals surface area contributed by atoms with Crippen LogP contribution in [0.15, 0.2) is 39.9 Å². The number of nitrogens with one attached hydrogen (secondary N) is 1. The second kappa shape index (κ2) is 9.58. The Morgan fingerprint density at radius 2 is 1.92 bits per heavy atom. The monoisotopic (exact) mass is 545 g/mol. The predicted molar refractivity (Wildman–Crippen MR) is 109 cm³/mol. The van der Waals surface area contributed by atoms with Gasteiger partial charge in [-0.15, -0.1) is 24.0 Å². The maximum Gasteiger partial charge on any atom is 0.435 e. The molecule has 0 radical (unpaired) electrons. The Morgan fingerprint density at radius 1 is 1.31 bits per heavy atom. The van der Waals surface area contributed by atoms with Crippen LogP contribution in [0.3, 0.4) is 0 Å². The minimum atomic E-state index is -4.48. The fourth-order valence-electron chi connectivity index (χ4n) is 2.40. The highest BCUT2D eigenvalue weighted by molar-refractivity contribution is 14.0. The van der Waals surface area contributed by atoms with E-state index in [9.17, 15) is 13.2 Å². The van der Waals surface area contributed by atoms with E-state index in [0.717, 1.165) is 14.7 Å². The Bertz CT molecular complexity index is 743. The van der Waals surface area contributed by atoms with Gasteiger partial charge in [0.25, 0.3) is 0 Å². The van der Waals surface area contributed by atoms with Crippen molar-refractivity contribution >= 4 is 45.9 Å². The van der Waals surface area contributed by atoms with E-state index < -0.39 is 11.9 Å². The third kappa shape index (κ3) is 6.15. The Labute approximate surface area is 175 Å². The molecule has 0 aliphatic rings. The molecule has 10 heteroatoms. The molecule has 1 heterocycles. The molecule has 0 saturated heterocycles. The number of guanidine groups is 1. The standard InChI is InChI=1S/C16H19BrF3N5.HI/c1-21-15(24(2)9-11-4-6-13(17)7-5-11)22-8-12-10-25(3)23-14(12)16(18,19)20;/h4-7,10H,8-9H2,1-3H3,(H,21,22);1H. The summed E-state index contributed by atoms with van der Waals surface area (Å²) in [6.45, 7) is 0.562. The van der Waals surface area contributed by atoms with Gasteiger partial charge in [0.15, 0.2) is 11.7 Å². The first-order valence-corrected chi connectivity index (χ1v) is 8.26. The van der Waals surface area contributed by atoms with Gasteiger partial charge in [-0.05, 0) is 17.7 Å². The molecule has 1 aromatic heterocycles. The molecule has 2 aromatic rings. The van der Waals surface area contributed by atoms with Crippen molar-refractivity contribution in [3.05, 3.63) is 51.8 Å². The molecule has 1 aromatic carbocycles. The largest absolute Gasteiger partial charge is 0.435 e. The molecule has 0 amide bonds. The first kappa shape index (κ1) is 22.7. The van der Waals surface area contributed by atoms with Crippen molar-refractivity contribution in [3.8, 4) is 0 Å². The van der Waals surface area contributed by atoms with E-state index in [0.29, 0.717) is 12.5 Å². The van der Waals surface area contributed by atoms with Crippen LogP contribution in [0.25, 0.3) is 0 Å². The molecular weight excluding hydrogens is 526 g/mol. The zero-order chi connectivity index (χ0) is 18.6. The lowest BCUT2D eigenvalue weighted by atomic mass is 10.2. The summed E-state index contributed by atoms with van der Waals surface area (Å²) in [5, 5.41) is 6.46. The summed E-state index contributed by atoms with van der Waals surface area (Å²) in [5.41, 5.74) is 0.257. The summed E-state index contributed by atoms with van der Waals surface area (Å²) < 4.78 is 41.1. The topological polar surface area (TPSA) is 45.5 Å². The minimum Gasteiger partial charge on any atom is -0.352 e. The maximum absolute atomic E-state index is 13.0. The summed E-state index contributed by atoms with van der Waals surface area (Å²) in [5.74, 6) is 0.500. The smallest absolute Gasteiger partial charge is 0.352 e. The number of rotatable bonds is 4. The predicted octanol–water partition coefficient (Wildman–Crippen LogP) is 4.03. The van der Waals surface area contributed by atoms with Gasteiger partial charge in [0, 0.05) is 50.5 Å². The number of aliphatic imine (C=N–C) groups is 1. The van der Waals surface area contributed by atoms with Crippen LogP contribution in [0.4, 0.5) is 13.2 Å². The van der Waals surface area contributed by atoms with E-state index >= 15 is 0 Å². The number of nitrogens with zero attached hydrogens (tertiary/aromatic N) is 4. The average Bonchev–Trinajstić information content (AvgIpc) is 2.91. The molecule has 0 unspecified atom stereocenters. The number of halogens is 5. The Kier molecular flexibility index (Phi) is 8.38. The average molecular weight is 546 g/mol. The van der Waals surface area contributed by atoms with Gasteiger partial charge in [0.1, 0.15) is 0 Å². The summed E-state index contributed by atoms with van der Waals surface area (Å²) in [6.07, 6.45) is -3.12. The molecule has 0 atom stereocenters. The van der Waals surface area contributed by atoms with Crippen LogP contribution in [0.1, 0.15) is 16.8 Å². The summed E-state index contributed by atoms with van der Waals surface area (Å²) in [7, 11) is 4.88. The van der Waals surface area contributed by atoms with Crippen LogP contribution >= 0.6 is 39.9 Å². The van der Waals surface area contributed by atoms with Crippen LogP contribution in [0, 0.1) is 0 Å². The molecule has 5 nitrogen and oxygen atoms in total. The molecule has 2 rings (SSSR count). The zero-order valence-corrected chi connectivity index (χ0v) is 18.4. The van der Waals surface area contributed by atoms with Crippen molar-refractivity contribution in [2.75, 3.05) is 14.1 Å². The van der Waals surface area contributed by atoms with E-state index in [1.165, 1.54) is 13.2 Å². The Hall–Kier alpha value is -1.30. The van der Waals surface area contributed by atoms with E-state index in [2.05, 4.69) is 31.3 Å². The van der Waals surface area contributed by atoms with Gasteiger partial charge in [0.2, 0.25) is 0 Å². The van der Waals surface area contributed by atoms with Crippen molar-refractivity contribution in [2.24, 2.45) is 12.0 Å². The quantitative estimate of drug-likeness (QED) is 0.358. The van der Waals surface area contributed by atoms with E-state index in [-0.39, 0.29) is 36.1 Å². The Morgan fingerprint density at radius 3 is 2.46 bits per heavy atom. The van der Waals surface area contributed by atoms with E-state index in [4.69, 9.17) is 0 Å². The SMILES string of the molecule is CN=C(NCc1cn(C)nc1C(F)(F)F)N(C)Cc1ccc(Br)cc1.I. The fourth-order valence-corrected chi connectivity index (χ4v) is 2.67. The van der Waals surface area contributed by atoms with Crippen LogP contribution in [-0.4, -0.2) is 34.7 Å². The Balaban J connectivity index is 0.00000338. The molecule has 1 N–H and O–H groups in total. The third-order valence-corrected chi connectivity index (χ3v) is 4.05. The lowest BCUT2D eigenvalue weighted by Gasteiger charge is -2.22. The summed E-state index contributed by atoms with van der Waals surface area (Å²) >= 11 is 3.38. The molecule has 0 fully saturated rings. The van der Waals surface area contributed by atoms with Gasteiger partial charge in [-0.25, -0.2) is 0 Å². The molecule has 0 saturated carbocycles. The number of benzene rings is 1. The molecule has 0 aliphatic heterocycles. The molecule has 0 aliphatic carbocycles. The van der Waals surface area contributed by atoms with Crippen LogP contribution in [-0.2, 0) is 26.3 Å². The first-order chi connectivity index (χ1) is 11.7. The maximum atomic E-state index is 13.0. The number of hydrogen-bond acceptors (Lipinski definition) is 2. The van der Waals surface area contributed by atoms with Crippen LogP contribution < -0.4 is 5.32 Å². The number of aryl methyl sites for hydroxylation is 1. The minimum absolute atomic E-state index is 0. The zero-order valence-electron chi connectivity index (χ0n) is 14.5. The molecule has 0 spiro atoms.